The van der Waals surface area contributed by atoms with Crippen LogP contribution in [0.1, 0.15) is 139 Å². The fourth-order valence-electron chi connectivity index (χ4n) is 13.9. The molecule has 0 saturated carbocycles. The number of hydrogen-bond donors (Lipinski definition) is 0. The van der Waals surface area contributed by atoms with Crippen molar-refractivity contribution in [2.24, 2.45) is 0 Å². The highest BCUT2D eigenvalue weighted by Gasteiger charge is 2.49. The fraction of sp³-hybridized carbons (Fsp3) is 0.294. The first-order valence-corrected chi connectivity index (χ1v) is 26.5. The standard InChI is InChI=1S/C68H67BN2O/c1-40-33-57-62-58(34-40)71(54-29-27-43(64(3,4)5)36-45(54)42-21-15-14-16-22-42)63-52(28-30-60-61(63)44-23-17-20-26-59(44)72-60)69(62)53-37-48-49(66(8,9)32-31-65(48,6)7)38-56(53)70(57)55-39-51-50(35-41(55)2)67(10,11)46-24-18-19-25-47(46)68(51,12)13/h14-30,33-39H,31-32H2,1-13H3. The zero-order chi connectivity index (χ0) is 50.2. The van der Waals surface area contributed by atoms with E-state index in [1.54, 1.807) is 0 Å². The number of aryl methyl sites for hydroxylation is 2. The Bertz CT molecular complexity index is 3780. The summed E-state index contributed by atoms with van der Waals surface area (Å²) in [4.78, 5) is 5.36. The minimum Gasteiger partial charge on any atom is -0.456 e. The second kappa shape index (κ2) is 14.9. The number of rotatable bonds is 3. The van der Waals surface area contributed by atoms with Gasteiger partial charge in [-0.2, -0.15) is 0 Å². The third-order valence-corrected chi connectivity index (χ3v) is 18.1. The maximum atomic E-state index is 6.85. The maximum Gasteiger partial charge on any atom is 0.252 e. The smallest absolute Gasteiger partial charge is 0.252 e. The van der Waals surface area contributed by atoms with Crippen LogP contribution in [-0.4, -0.2) is 6.71 Å². The molecule has 0 fully saturated rings. The molecule has 358 valence electrons. The number of hydrogen-bond acceptors (Lipinski definition) is 3. The monoisotopic (exact) mass is 939 g/mol. The molecule has 72 heavy (non-hydrogen) atoms. The Labute approximate surface area is 428 Å². The normalized spacial score (nSPS) is 17.5. The van der Waals surface area contributed by atoms with Crippen LogP contribution in [-0.2, 0) is 27.1 Å². The van der Waals surface area contributed by atoms with Crippen molar-refractivity contribution in [3.05, 3.63) is 196 Å². The second-order valence-electron chi connectivity index (χ2n) is 25.3. The van der Waals surface area contributed by atoms with Crippen molar-refractivity contribution in [3.8, 4) is 11.1 Å². The zero-order valence-corrected chi connectivity index (χ0v) is 44.7. The number of fused-ring (bicyclic) bond motifs is 11. The highest BCUT2D eigenvalue weighted by atomic mass is 16.3. The van der Waals surface area contributed by atoms with E-state index in [4.69, 9.17) is 4.42 Å². The van der Waals surface area contributed by atoms with Gasteiger partial charge in [0, 0.05) is 44.5 Å². The number of benzene rings is 8. The van der Waals surface area contributed by atoms with Crippen LogP contribution in [0, 0.1) is 13.8 Å². The predicted octanol–water partition coefficient (Wildman–Crippen LogP) is 16.6. The van der Waals surface area contributed by atoms with Crippen LogP contribution < -0.4 is 26.2 Å². The SMILES string of the molecule is Cc1cc2c3c(c1)N(c1ccc(C(C)(C)C)cc1-c1ccccc1)c1c(ccc4oc5ccccc5c14)B3c1cc3c(cc1N2c1cc2c(cc1C)C(C)(C)c1ccccc1C2(C)C)C(C)(C)CCC3(C)C. The van der Waals surface area contributed by atoms with Gasteiger partial charge in [0.25, 0.3) is 6.71 Å². The summed E-state index contributed by atoms with van der Waals surface area (Å²) >= 11 is 0. The van der Waals surface area contributed by atoms with Gasteiger partial charge in [0.15, 0.2) is 0 Å². The van der Waals surface area contributed by atoms with Gasteiger partial charge in [-0.05, 0) is 163 Å². The first-order chi connectivity index (χ1) is 34.2. The van der Waals surface area contributed by atoms with Gasteiger partial charge in [0.05, 0.1) is 16.8 Å². The van der Waals surface area contributed by atoms with Gasteiger partial charge in [-0.1, -0.05) is 173 Å². The molecule has 3 heterocycles. The van der Waals surface area contributed by atoms with E-state index in [9.17, 15) is 0 Å². The summed E-state index contributed by atoms with van der Waals surface area (Å²) in [6.45, 7) is 31.3. The summed E-state index contributed by atoms with van der Waals surface area (Å²) in [5.41, 5.74) is 27.7. The first kappa shape index (κ1) is 45.1. The van der Waals surface area contributed by atoms with E-state index in [0.29, 0.717) is 0 Å². The van der Waals surface area contributed by atoms with Crippen LogP contribution in [0.15, 0.2) is 150 Å². The minimum absolute atomic E-state index is 0.0134. The van der Waals surface area contributed by atoms with Gasteiger partial charge in [-0.25, -0.2) is 0 Å². The van der Waals surface area contributed by atoms with Gasteiger partial charge in [0.2, 0.25) is 0 Å². The molecule has 0 radical (unpaired) electrons. The van der Waals surface area contributed by atoms with E-state index >= 15 is 0 Å². The fourth-order valence-corrected chi connectivity index (χ4v) is 13.9. The Morgan fingerprint density at radius 3 is 1.76 bits per heavy atom. The van der Waals surface area contributed by atoms with Crippen molar-refractivity contribution >= 4 is 79.2 Å². The Morgan fingerprint density at radius 2 is 1.08 bits per heavy atom. The average Bonchev–Trinajstić information content (AvgIpc) is 3.73. The molecule has 9 aromatic rings. The van der Waals surface area contributed by atoms with Crippen molar-refractivity contribution < 1.29 is 4.42 Å². The molecule has 0 unspecified atom stereocenters. The van der Waals surface area contributed by atoms with Crippen LogP contribution in [0.3, 0.4) is 0 Å². The molecule has 0 N–H and O–H groups in total. The molecule has 2 aliphatic heterocycles. The van der Waals surface area contributed by atoms with Gasteiger partial charge < -0.3 is 14.2 Å². The Morgan fingerprint density at radius 1 is 0.486 bits per heavy atom. The van der Waals surface area contributed by atoms with Crippen LogP contribution in [0.5, 0.6) is 0 Å². The lowest BCUT2D eigenvalue weighted by molar-refractivity contribution is 0.332. The molecular weight excluding hydrogens is 872 g/mol. The van der Waals surface area contributed by atoms with Gasteiger partial charge in [-0.3, -0.25) is 0 Å². The zero-order valence-electron chi connectivity index (χ0n) is 44.7. The molecule has 13 rings (SSSR count). The van der Waals surface area contributed by atoms with Crippen LogP contribution >= 0.6 is 0 Å². The van der Waals surface area contributed by atoms with E-state index in [1.165, 1.54) is 106 Å². The lowest BCUT2D eigenvalue weighted by Gasteiger charge is -2.48. The molecule has 0 bridgehead atoms. The quantitative estimate of drug-likeness (QED) is 0.165. The summed E-state index contributed by atoms with van der Waals surface area (Å²) < 4.78 is 6.85. The van der Waals surface area contributed by atoms with Crippen molar-refractivity contribution in [2.75, 3.05) is 9.80 Å². The summed E-state index contributed by atoms with van der Waals surface area (Å²) in [5.74, 6) is 0. The Hall–Kier alpha value is -6.78. The van der Waals surface area contributed by atoms with Crippen LogP contribution in [0.2, 0.25) is 0 Å². The molecule has 3 nitrogen and oxygen atoms in total. The number of nitrogens with zero attached hydrogens (tertiary/aromatic N) is 2. The highest BCUT2D eigenvalue weighted by molar-refractivity contribution is 7.00. The van der Waals surface area contributed by atoms with Crippen molar-refractivity contribution in [1.29, 1.82) is 0 Å². The van der Waals surface area contributed by atoms with Crippen LogP contribution in [0.25, 0.3) is 33.1 Å². The third-order valence-electron chi connectivity index (χ3n) is 18.1. The lowest BCUT2D eigenvalue weighted by Crippen LogP contribution is -2.62. The first-order valence-electron chi connectivity index (χ1n) is 26.5. The van der Waals surface area contributed by atoms with E-state index in [2.05, 4.69) is 245 Å². The highest BCUT2D eigenvalue weighted by Crippen LogP contribution is 2.56. The minimum atomic E-state index is -0.208. The van der Waals surface area contributed by atoms with E-state index in [-0.39, 0.29) is 33.8 Å². The van der Waals surface area contributed by atoms with Gasteiger partial charge >= 0.3 is 0 Å². The maximum absolute atomic E-state index is 6.85. The molecule has 0 saturated heterocycles. The van der Waals surface area contributed by atoms with Crippen molar-refractivity contribution in [1.82, 2.24) is 0 Å². The summed E-state index contributed by atoms with van der Waals surface area (Å²) in [6, 6.07) is 56.3. The second-order valence-corrected chi connectivity index (χ2v) is 25.3. The molecular formula is C68H67BN2O. The molecule has 4 aliphatic rings. The average molecular weight is 939 g/mol. The van der Waals surface area contributed by atoms with E-state index < -0.39 is 0 Å². The molecule has 0 atom stereocenters. The third kappa shape index (κ3) is 6.23. The molecule has 8 aromatic carbocycles. The van der Waals surface area contributed by atoms with E-state index in [1.807, 2.05) is 0 Å². The molecule has 0 amide bonds. The van der Waals surface area contributed by atoms with Crippen molar-refractivity contribution in [3.63, 3.8) is 0 Å². The van der Waals surface area contributed by atoms with E-state index in [0.717, 1.165) is 40.5 Å². The number of furan rings is 1. The van der Waals surface area contributed by atoms with Gasteiger partial charge in [0.1, 0.15) is 11.2 Å². The number of para-hydroxylation sites is 1. The largest absolute Gasteiger partial charge is 0.456 e. The Kier molecular flexibility index (Phi) is 9.34. The predicted molar refractivity (Wildman–Crippen MR) is 307 cm³/mol. The lowest BCUT2D eigenvalue weighted by atomic mass is 9.33. The molecule has 4 heteroatoms. The van der Waals surface area contributed by atoms with Gasteiger partial charge in [-0.15, -0.1) is 0 Å². The molecule has 2 aliphatic carbocycles. The summed E-state index contributed by atoms with van der Waals surface area (Å²) in [6.07, 6.45) is 2.30. The summed E-state index contributed by atoms with van der Waals surface area (Å²) in [7, 11) is 0. The Balaban J connectivity index is 1.18. The van der Waals surface area contributed by atoms with Crippen LogP contribution in [0.4, 0.5) is 34.1 Å². The molecule has 1 aromatic heterocycles. The number of anilines is 6. The molecule has 0 spiro atoms. The summed E-state index contributed by atoms with van der Waals surface area (Å²) in [5, 5.41) is 2.30. The topological polar surface area (TPSA) is 19.6 Å². The van der Waals surface area contributed by atoms with Crippen molar-refractivity contribution in [2.45, 2.75) is 130 Å².